The molecule has 0 spiro atoms. The average Bonchev–Trinajstić information content (AvgIpc) is 3.04. The number of fused-ring (bicyclic) bond motifs is 2. The van der Waals surface area contributed by atoms with Crippen molar-refractivity contribution in [2.24, 2.45) is 0 Å². The van der Waals surface area contributed by atoms with E-state index in [0.29, 0.717) is 11.3 Å². The van der Waals surface area contributed by atoms with E-state index in [-0.39, 0.29) is 6.79 Å². The summed E-state index contributed by atoms with van der Waals surface area (Å²) in [6.07, 6.45) is 0. The first-order chi connectivity index (χ1) is 10.2. The summed E-state index contributed by atoms with van der Waals surface area (Å²) in [5.41, 5.74) is 3.89. The Bertz CT molecular complexity index is 898. The monoisotopic (exact) mass is 299 g/mol. The van der Waals surface area contributed by atoms with E-state index in [1.807, 2.05) is 41.8 Å². The summed E-state index contributed by atoms with van der Waals surface area (Å²) >= 11 is 5.41. The fraction of sp³-hybridized carbons (Fsp3) is 0.200. The lowest BCUT2D eigenvalue weighted by atomic mass is 10.2. The first-order valence-electron chi connectivity index (χ1n) is 6.65. The van der Waals surface area contributed by atoms with Gasteiger partial charge in [0.05, 0.1) is 12.1 Å². The highest BCUT2D eigenvalue weighted by molar-refractivity contribution is 7.71. The second-order valence-electron chi connectivity index (χ2n) is 5.03. The van der Waals surface area contributed by atoms with Crippen LogP contribution in [-0.2, 0) is 6.54 Å². The maximum absolute atomic E-state index is 5.41. The van der Waals surface area contributed by atoms with Crippen LogP contribution in [0.2, 0.25) is 0 Å². The van der Waals surface area contributed by atoms with E-state index in [4.69, 9.17) is 21.7 Å². The van der Waals surface area contributed by atoms with E-state index in [1.165, 1.54) is 0 Å². The Morgan fingerprint density at radius 3 is 3.00 bits per heavy atom. The largest absolute Gasteiger partial charge is 0.454 e. The van der Waals surface area contributed by atoms with Crippen molar-refractivity contribution >= 4 is 23.4 Å². The molecule has 0 amide bonds. The van der Waals surface area contributed by atoms with Crippen molar-refractivity contribution in [3.63, 3.8) is 0 Å². The predicted octanol–water partition coefficient (Wildman–Crippen LogP) is 3.18. The summed E-state index contributed by atoms with van der Waals surface area (Å²) < 4.78 is 13.4. The molecule has 6 heteroatoms. The number of nitrogens with one attached hydrogen (secondary N) is 1. The van der Waals surface area contributed by atoms with Gasteiger partial charge < -0.3 is 14.5 Å². The molecule has 0 aliphatic carbocycles. The van der Waals surface area contributed by atoms with E-state index in [1.54, 1.807) is 0 Å². The summed E-state index contributed by atoms with van der Waals surface area (Å²) in [6, 6.07) is 9.90. The van der Waals surface area contributed by atoms with Crippen molar-refractivity contribution in [1.29, 1.82) is 0 Å². The van der Waals surface area contributed by atoms with Crippen LogP contribution in [-0.4, -0.2) is 21.3 Å². The molecule has 21 heavy (non-hydrogen) atoms. The zero-order valence-electron chi connectivity index (χ0n) is 11.4. The zero-order valence-corrected chi connectivity index (χ0v) is 12.2. The summed E-state index contributed by atoms with van der Waals surface area (Å²) in [7, 11) is 0. The van der Waals surface area contributed by atoms with Gasteiger partial charge in [-0.3, -0.25) is 4.57 Å². The van der Waals surface area contributed by atoms with Crippen LogP contribution in [0.3, 0.4) is 0 Å². The number of hydrogen-bond acceptors (Lipinski definition) is 4. The minimum Gasteiger partial charge on any atom is -0.454 e. The second kappa shape index (κ2) is 4.60. The quantitative estimate of drug-likeness (QED) is 0.738. The number of H-pyrrole nitrogens is 1. The highest BCUT2D eigenvalue weighted by Gasteiger charge is 2.14. The Balaban J connectivity index is 1.79. The Hall–Kier alpha value is -2.34. The fourth-order valence-electron chi connectivity index (χ4n) is 2.49. The van der Waals surface area contributed by atoms with Gasteiger partial charge in [-0.05, 0) is 49.0 Å². The van der Waals surface area contributed by atoms with Crippen molar-refractivity contribution in [2.45, 2.75) is 13.5 Å². The smallest absolute Gasteiger partial charge is 0.231 e. The lowest BCUT2D eigenvalue weighted by molar-refractivity contribution is 0.174. The molecule has 2 aromatic heterocycles. The number of benzene rings is 1. The van der Waals surface area contributed by atoms with Crippen molar-refractivity contribution in [1.82, 2.24) is 14.5 Å². The van der Waals surface area contributed by atoms with Gasteiger partial charge in [-0.25, -0.2) is 4.98 Å². The number of aryl methyl sites for hydroxylation is 1. The fourth-order valence-corrected chi connectivity index (χ4v) is 2.75. The molecule has 0 unspecified atom stereocenters. The molecule has 3 heterocycles. The number of aromatic amines is 1. The third-order valence-corrected chi connectivity index (χ3v) is 3.86. The molecule has 5 nitrogen and oxygen atoms in total. The Kier molecular flexibility index (Phi) is 2.71. The molecule has 1 N–H and O–H groups in total. The topological polar surface area (TPSA) is 52.1 Å². The van der Waals surface area contributed by atoms with Gasteiger partial charge in [0.25, 0.3) is 0 Å². The van der Waals surface area contributed by atoms with Crippen LogP contribution in [0.5, 0.6) is 11.5 Å². The van der Waals surface area contributed by atoms with Gasteiger partial charge >= 0.3 is 0 Å². The normalized spacial score (nSPS) is 13.0. The molecule has 1 aliphatic rings. The maximum atomic E-state index is 5.41. The Labute approximate surface area is 126 Å². The molecule has 0 saturated heterocycles. The van der Waals surface area contributed by atoms with Gasteiger partial charge in [0.1, 0.15) is 0 Å². The lowest BCUT2D eigenvalue weighted by Crippen LogP contribution is -2.01. The molecule has 1 aliphatic heterocycles. The van der Waals surface area contributed by atoms with Gasteiger partial charge in [0, 0.05) is 5.69 Å². The van der Waals surface area contributed by atoms with Crippen LogP contribution in [0.15, 0.2) is 30.3 Å². The predicted molar refractivity (Wildman–Crippen MR) is 81.3 cm³/mol. The standard InChI is InChI=1S/C15H13N3O2S/c1-9-2-4-11-14(16-9)18(15(21)17-11)7-10-3-5-12-13(6-10)20-8-19-12/h2-6H,7-8H2,1H3,(H,17,21). The highest BCUT2D eigenvalue weighted by Crippen LogP contribution is 2.32. The minimum atomic E-state index is 0.284. The molecule has 0 radical (unpaired) electrons. The summed E-state index contributed by atoms with van der Waals surface area (Å²) in [5, 5.41) is 0. The molecule has 0 bridgehead atoms. The van der Waals surface area contributed by atoms with Crippen LogP contribution in [0.4, 0.5) is 0 Å². The molecule has 106 valence electrons. The molecular weight excluding hydrogens is 286 g/mol. The summed E-state index contributed by atoms with van der Waals surface area (Å²) in [5.74, 6) is 1.57. The number of pyridine rings is 1. The zero-order chi connectivity index (χ0) is 14.4. The van der Waals surface area contributed by atoms with Crippen molar-refractivity contribution in [3.05, 3.63) is 46.4 Å². The van der Waals surface area contributed by atoms with Crippen LogP contribution >= 0.6 is 12.2 Å². The van der Waals surface area contributed by atoms with E-state index in [0.717, 1.165) is 33.9 Å². The molecule has 3 aromatic rings. The van der Waals surface area contributed by atoms with Gasteiger partial charge in [-0.1, -0.05) is 6.07 Å². The third-order valence-electron chi connectivity index (χ3n) is 3.53. The summed E-state index contributed by atoms with van der Waals surface area (Å²) in [4.78, 5) is 7.76. The van der Waals surface area contributed by atoms with E-state index < -0.39 is 0 Å². The van der Waals surface area contributed by atoms with Gasteiger partial charge in [-0.2, -0.15) is 0 Å². The lowest BCUT2D eigenvalue weighted by Gasteiger charge is -2.06. The average molecular weight is 299 g/mol. The van der Waals surface area contributed by atoms with Crippen LogP contribution in [0.1, 0.15) is 11.3 Å². The van der Waals surface area contributed by atoms with Gasteiger partial charge in [0.15, 0.2) is 21.9 Å². The maximum Gasteiger partial charge on any atom is 0.231 e. The van der Waals surface area contributed by atoms with Crippen molar-refractivity contribution < 1.29 is 9.47 Å². The van der Waals surface area contributed by atoms with Crippen molar-refractivity contribution in [3.8, 4) is 11.5 Å². The first-order valence-corrected chi connectivity index (χ1v) is 7.06. The molecular formula is C15H13N3O2S. The van der Waals surface area contributed by atoms with Crippen molar-refractivity contribution in [2.75, 3.05) is 6.79 Å². The summed E-state index contributed by atoms with van der Waals surface area (Å²) in [6.45, 7) is 2.90. The number of imidazole rings is 1. The number of nitrogens with zero attached hydrogens (tertiary/aromatic N) is 2. The van der Waals surface area contributed by atoms with E-state index in [2.05, 4.69) is 9.97 Å². The second-order valence-corrected chi connectivity index (χ2v) is 5.41. The Morgan fingerprint density at radius 1 is 1.24 bits per heavy atom. The molecule has 0 saturated carbocycles. The molecule has 1 aromatic carbocycles. The van der Waals surface area contributed by atoms with Crippen LogP contribution in [0, 0.1) is 11.7 Å². The van der Waals surface area contributed by atoms with E-state index >= 15 is 0 Å². The third kappa shape index (κ3) is 2.08. The first kappa shape index (κ1) is 12.4. The van der Waals surface area contributed by atoms with Crippen LogP contribution < -0.4 is 9.47 Å². The SMILES string of the molecule is Cc1ccc2[nH]c(=S)n(Cc3ccc4c(c3)OCO4)c2n1. The van der Waals surface area contributed by atoms with E-state index in [9.17, 15) is 0 Å². The minimum absolute atomic E-state index is 0.284. The van der Waals surface area contributed by atoms with Gasteiger partial charge in [-0.15, -0.1) is 0 Å². The van der Waals surface area contributed by atoms with Gasteiger partial charge in [0.2, 0.25) is 6.79 Å². The van der Waals surface area contributed by atoms with Crippen LogP contribution in [0.25, 0.3) is 11.2 Å². The number of rotatable bonds is 2. The Morgan fingerprint density at radius 2 is 2.10 bits per heavy atom. The number of aromatic nitrogens is 3. The number of ether oxygens (including phenoxy) is 2. The molecule has 0 atom stereocenters. The molecule has 4 rings (SSSR count). The molecule has 0 fully saturated rings. The highest BCUT2D eigenvalue weighted by atomic mass is 32.1. The number of hydrogen-bond donors (Lipinski definition) is 1.